The number of rotatable bonds is 6. The molecule has 0 aliphatic heterocycles. The molecule has 1 atom stereocenters. The van der Waals surface area contributed by atoms with E-state index in [1.807, 2.05) is 19.2 Å². The minimum absolute atomic E-state index is 0.623. The number of aromatic nitrogens is 1. The van der Waals surface area contributed by atoms with E-state index in [1.54, 1.807) is 0 Å². The van der Waals surface area contributed by atoms with E-state index in [-0.39, 0.29) is 0 Å². The highest BCUT2D eigenvalue weighted by Crippen LogP contribution is 2.06. The van der Waals surface area contributed by atoms with E-state index in [0.29, 0.717) is 5.92 Å². The van der Waals surface area contributed by atoms with E-state index in [0.717, 1.165) is 25.3 Å². The summed E-state index contributed by atoms with van der Waals surface area (Å²) in [5.41, 5.74) is 6.74. The van der Waals surface area contributed by atoms with Crippen LogP contribution in [0.3, 0.4) is 0 Å². The predicted octanol–water partition coefficient (Wildman–Crippen LogP) is 2.18. The highest BCUT2D eigenvalue weighted by molar-refractivity contribution is 5.34. The Labute approximate surface area is 92.1 Å². The molecule has 0 fully saturated rings. The average molecular weight is 207 g/mol. The van der Waals surface area contributed by atoms with Crippen LogP contribution in [0.2, 0.25) is 0 Å². The van der Waals surface area contributed by atoms with Crippen molar-refractivity contribution in [2.24, 2.45) is 11.7 Å². The van der Waals surface area contributed by atoms with Gasteiger partial charge in [0.1, 0.15) is 5.82 Å². The molecule has 0 saturated carbocycles. The van der Waals surface area contributed by atoms with E-state index in [9.17, 15) is 0 Å². The molecule has 3 heteroatoms. The molecule has 3 nitrogen and oxygen atoms in total. The van der Waals surface area contributed by atoms with Crippen LogP contribution in [0, 0.1) is 12.8 Å². The molecule has 84 valence electrons. The zero-order chi connectivity index (χ0) is 11.1. The molecule has 0 spiro atoms. The van der Waals surface area contributed by atoms with E-state index in [2.05, 4.69) is 23.3 Å². The van der Waals surface area contributed by atoms with Gasteiger partial charge < -0.3 is 11.1 Å². The van der Waals surface area contributed by atoms with Gasteiger partial charge in [0.2, 0.25) is 0 Å². The molecule has 0 amide bonds. The molecule has 1 rings (SSSR count). The highest BCUT2D eigenvalue weighted by atomic mass is 15.0. The molecule has 0 radical (unpaired) electrons. The maximum absolute atomic E-state index is 5.55. The maximum Gasteiger partial charge on any atom is 0.125 e. The lowest BCUT2D eigenvalue weighted by Crippen LogP contribution is -2.12. The minimum atomic E-state index is 0.623. The largest absolute Gasteiger partial charge is 0.370 e. The van der Waals surface area contributed by atoms with Crippen molar-refractivity contribution in [1.29, 1.82) is 0 Å². The third-order valence-corrected chi connectivity index (χ3v) is 2.49. The third kappa shape index (κ3) is 4.79. The number of nitrogens with one attached hydrogen (secondary N) is 1. The number of anilines is 1. The molecular formula is C12H21N3. The summed E-state index contributed by atoms with van der Waals surface area (Å²) in [7, 11) is 0. The fourth-order valence-corrected chi connectivity index (χ4v) is 1.36. The third-order valence-electron chi connectivity index (χ3n) is 2.49. The fourth-order valence-electron chi connectivity index (χ4n) is 1.36. The number of pyridine rings is 1. The number of hydrogen-bond acceptors (Lipinski definition) is 3. The number of nitrogens with zero attached hydrogens (tertiary/aromatic N) is 1. The number of nitrogens with two attached hydrogens (primary N) is 1. The maximum atomic E-state index is 5.55. The van der Waals surface area contributed by atoms with Gasteiger partial charge in [-0.15, -0.1) is 0 Å². The SMILES string of the molecule is Cc1ccc(NCCCC(C)CN)nc1. The quantitative estimate of drug-likeness (QED) is 0.703. The Hall–Kier alpha value is -1.09. The van der Waals surface area contributed by atoms with Crippen molar-refractivity contribution in [2.45, 2.75) is 26.7 Å². The smallest absolute Gasteiger partial charge is 0.125 e. The summed E-state index contributed by atoms with van der Waals surface area (Å²) in [6.45, 7) is 5.98. The first-order valence-corrected chi connectivity index (χ1v) is 5.59. The van der Waals surface area contributed by atoms with Gasteiger partial charge in [-0.2, -0.15) is 0 Å². The lowest BCUT2D eigenvalue weighted by atomic mass is 10.1. The molecule has 0 aromatic carbocycles. The topological polar surface area (TPSA) is 50.9 Å². The van der Waals surface area contributed by atoms with Gasteiger partial charge in [0.25, 0.3) is 0 Å². The molecule has 3 N–H and O–H groups in total. The summed E-state index contributed by atoms with van der Waals surface area (Å²) in [6, 6.07) is 4.08. The lowest BCUT2D eigenvalue weighted by molar-refractivity contribution is 0.529. The molecule has 1 unspecified atom stereocenters. The van der Waals surface area contributed by atoms with Crippen LogP contribution in [0.1, 0.15) is 25.3 Å². The first-order valence-electron chi connectivity index (χ1n) is 5.59. The summed E-state index contributed by atoms with van der Waals surface area (Å²) in [6.07, 6.45) is 4.20. The number of hydrogen-bond donors (Lipinski definition) is 2. The van der Waals surface area contributed by atoms with Crippen molar-refractivity contribution in [3.05, 3.63) is 23.9 Å². The van der Waals surface area contributed by atoms with Crippen LogP contribution in [0.15, 0.2) is 18.3 Å². The van der Waals surface area contributed by atoms with Crippen molar-refractivity contribution in [3.63, 3.8) is 0 Å². The van der Waals surface area contributed by atoms with Gasteiger partial charge in [0.15, 0.2) is 0 Å². The predicted molar refractivity (Wildman–Crippen MR) is 64.9 cm³/mol. The molecule has 1 heterocycles. The normalized spacial score (nSPS) is 12.5. The highest BCUT2D eigenvalue weighted by Gasteiger charge is 1.98. The Kier molecular flexibility index (Phi) is 5.12. The van der Waals surface area contributed by atoms with Crippen LogP contribution in [0.25, 0.3) is 0 Å². The van der Waals surface area contributed by atoms with E-state index in [1.165, 1.54) is 12.0 Å². The van der Waals surface area contributed by atoms with Crippen LogP contribution in [0.5, 0.6) is 0 Å². The lowest BCUT2D eigenvalue weighted by Gasteiger charge is -2.09. The summed E-state index contributed by atoms with van der Waals surface area (Å²) in [5, 5.41) is 3.30. The van der Waals surface area contributed by atoms with Crippen molar-refractivity contribution in [2.75, 3.05) is 18.4 Å². The van der Waals surface area contributed by atoms with Crippen molar-refractivity contribution in [1.82, 2.24) is 4.98 Å². The minimum Gasteiger partial charge on any atom is -0.370 e. The summed E-state index contributed by atoms with van der Waals surface area (Å²) >= 11 is 0. The molecule has 0 bridgehead atoms. The summed E-state index contributed by atoms with van der Waals surface area (Å²) < 4.78 is 0. The second-order valence-electron chi connectivity index (χ2n) is 4.13. The Morgan fingerprint density at radius 1 is 1.47 bits per heavy atom. The van der Waals surface area contributed by atoms with Gasteiger partial charge in [0.05, 0.1) is 0 Å². The molecule has 15 heavy (non-hydrogen) atoms. The van der Waals surface area contributed by atoms with Crippen LogP contribution in [-0.4, -0.2) is 18.1 Å². The Morgan fingerprint density at radius 2 is 2.27 bits per heavy atom. The molecular weight excluding hydrogens is 186 g/mol. The Balaban J connectivity index is 2.17. The van der Waals surface area contributed by atoms with Crippen LogP contribution >= 0.6 is 0 Å². The zero-order valence-electron chi connectivity index (χ0n) is 9.66. The van der Waals surface area contributed by atoms with Crippen molar-refractivity contribution >= 4 is 5.82 Å². The zero-order valence-corrected chi connectivity index (χ0v) is 9.66. The van der Waals surface area contributed by atoms with Crippen LogP contribution in [-0.2, 0) is 0 Å². The summed E-state index contributed by atoms with van der Waals surface area (Å²) in [4.78, 5) is 4.28. The second-order valence-corrected chi connectivity index (χ2v) is 4.13. The fraction of sp³-hybridized carbons (Fsp3) is 0.583. The van der Waals surface area contributed by atoms with Gasteiger partial charge in [-0.05, 0) is 43.9 Å². The van der Waals surface area contributed by atoms with Crippen LogP contribution < -0.4 is 11.1 Å². The molecule has 0 aliphatic carbocycles. The average Bonchev–Trinajstić information content (AvgIpc) is 2.26. The molecule has 0 aliphatic rings. The molecule has 1 aromatic heterocycles. The van der Waals surface area contributed by atoms with E-state index >= 15 is 0 Å². The monoisotopic (exact) mass is 207 g/mol. The van der Waals surface area contributed by atoms with Gasteiger partial charge in [-0.1, -0.05) is 13.0 Å². The molecule has 1 aromatic rings. The first kappa shape index (κ1) is 12.0. The van der Waals surface area contributed by atoms with Crippen LogP contribution in [0.4, 0.5) is 5.82 Å². The van der Waals surface area contributed by atoms with Gasteiger partial charge >= 0.3 is 0 Å². The number of aryl methyl sites for hydroxylation is 1. The summed E-state index contributed by atoms with van der Waals surface area (Å²) in [5.74, 6) is 1.58. The van der Waals surface area contributed by atoms with Gasteiger partial charge in [-0.25, -0.2) is 4.98 Å². The Morgan fingerprint density at radius 3 is 2.87 bits per heavy atom. The van der Waals surface area contributed by atoms with Crippen molar-refractivity contribution in [3.8, 4) is 0 Å². The standard InChI is InChI=1S/C12H21N3/c1-10(8-13)4-3-7-14-12-6-5-11(2)9-15-12/h5-6,9-10H,3-4,7-8,13H2,1-2H3,(H,14,15). The van der Waals surface area contributed by atoms with Gasteiger partial charge in [0, 0.05) is 12.7 Å². The van der Waals surface area contributed by atoms with E-state index < -0.39 is 0 Å². The second kappa shape index (κ2) is 6.40. The first-order chi connectivity index (χ1) is 7.22. The Bertz CT molecular complexity index is 269. The van der Waals surface area contributed by atoms with Crippen molar-refractivity contribution < 1.29 is 0 Å². The molecule has 0 saturated heterocycles. The van der Waals surface area contributed by atoms with Gasteiger partial charge in [-0.3, -0.25) is 0 Å². The van der Waals surface area contributed by atoms with E-state index in [4.69, 9.17) is 5.73 Å².